The molecule has 0 radical (unpaired) electrons. The molecule has 0 aliphatic carbocycles. The molecule has 3 aliphatic heterocycles. The Labute approximate surface area is 163 Å². The number of carbonyl (C=O) groups excluding carboxylic acids is 2. The molecule has 4 rings (SSSR count). The van der Waals surface area contributed by atoms with Crippen molar-refractivity contribution in [3.8, 4) is 11.5 Å². The lowest BCUT2D eigenvalue weighted by atomic mass is 9.96. The zero-order chi connectivity index (χ0) is 19.7. The maximum absolute atomic E-state index is 11.9. The highest BCUT2D eigenvalue weighted by atomic mass is 16.7. The van der Waals surface area contributed by atoms with Crippen LogP contribution in [0.2, 0.25) is 0 Å². The van der Waals surface area contributed by atoms with Crippen LogP contribution < -0.4 is 20.1 Å². The first kappa shape index (κ1) is 18.4. The fourth-order valence-corrected chi connectivity index (χ4v) is 3.66. The smallest absolute Gasteiger partial charge is 0.226 e. The predicted octanol–water partition coefficient (Wildman–Crippen LogP) is 1.24. The number of benzene rings is 1. The topological polar surface area (TPSA) is 89.1 Å². The van der Waals surface area contributed by atoms with Gasteiger partial charge < -0.3 is 20.1 Å². The maximum Gasteiger partial charge on any atom is 0.226 e. The summed E-state index contributed by atoms with van der Waals surface area (Å²) in [6.07, 6.45) is 3.53. The third-order valence-electron chi connectivity index (χ3n) is 5.14. The summed E-state index contributed by atoms with van der Waals surface area (Å²) in [4.78, 5) is 29.0. The molecular formula is C20H23N3O5. The third-order valence-corrected chi connectivity index (χ3v) is 5.14. The largest absolute Gasteiger partial charge is 0.492 e. The number of ether oxygens (including phenoxy) is 2. The first-order valence-electron chi connectivity index (χ1n) is 9.29. The van der Waals surface area contributed by atoms with Gasteiger partial charge in [0.2, 0.25) is 11.8 Å². The maximum atomic E-state index is 11.9. The lowest BCUT2D eigenvalue weighted by molar-refractivity contribution is -0.128. The Bertz CT molecular complexity index is 877. The number of nitrogens with zero attached hydrogens (tertiary/aromatic N) is 1. The van der Waals surface area contributed by atoms with Crippen molar-refractivity contribution in [1.82, 2.24) is 15.7 Å². The van der Waals surface area contributed by atoms with Crippen molar-refractivity contribution in [2.45, 2.75) is 19.3 Å². The van der Waals surface area contributed by atoms with E-state index in [-0.39, 0.29) is 17.7 Å². The van der Waals surface area contributed by atoms with Crippen molar-refractivity contribution in [3.63, 3.8) is 0 Å². The van der Waals surface area contributed by atoms with Gasteiger partial charge in [0.25, 0.3) is 0 Å². The van der Waals surface area contributed by atoms with E-state index in [9.17, 15) is 9.59 Å². The number of carbonyl (C=O) groups is 2. The van der Waals surface area contributed by atoms with Crippen LogP contribution in [0.1, 0.15) is 18.4 Å². The summed E-state index contributed by atoms with van der Waals surface area (Å²) in [5, 5.41) is 7.17. The molecule has 1 aromatic carbocycles. The van der Waals surface area contributed by atoms with Gasteiger partial charge >= 0.3 is 0 Å². The second-order valence-electron chi connectivity index (χ2n) is 6.89. The summed E-state index contributed by atoms with van der Waals surface area (Å²) in [6.45, 7) is 0.846. The first-order valence-corrected chi connectivity index (χ1v) is 9.29. The Morgan fingerprint density at radius 3 is 3.00 bits per heavy atom. The standard InChI is InChI=1S/C20H23N3O5/c1-21-20(25)13-9-12-10-14(3-5-16(12)27-11-13)28-17-7-8-23(26-2)19-15(17)4-6-18(24)22-19/h3,5,7,10,13H,4,6,8-9,11H2,1-2H3,(H,21,25)(H,22,24). The van der Waals surface area contributed by atoms with Crippen LogP contribution in [0.3, 0.4) is 0 Å². The van der Waals surface area contributed by atoms with Crippen LogP contribution in [-0.2, 0) is 20.8 Å². The van der Waals surface area contributed by atoms with E-state index in [0.29, 0.717) is 49.7 Å². The highest BCUT2D eigenvalue weighted by molar-refractivity contribution is 5.80. The van der Waals surface area contributed by atoms with Gasteiger partial charge in [-0.25, -0.2) is 5.06 Å². The second kappa shape index (κ2) is 7.55. The molecule has 0 bridgehead atoms. The molecule has 0 saturated heterocycles. The molecule has 2 N–H and O–H groups in total. The molecule has 28 heavy (non-hydrogen) atoms. The van der Waals surface area contributed by atoms with Gasteiger partial charge in [-0.05, 0) is 42.7 Å². The fraction of sp³-hybridized carbons (Fsp3) is 0.400. The average molecular weight is 385 g/mol. The van der Waals surface area contributed by atoms with Crippen LogP contribution in [0, 0.1) is 5.92 Å². The minimum atomic E-state index is -0.209. The normalized spacial score (nSPS) is 21.1. The van der Waals surface area contributed by atoms with Crippen LogP contribution in [-0.4, -0.2) is 44.2 Å². The van der Waals surface area contributed by atoms with E-state index in [1.807, 2.05) is 24.3 Å². The molecule has 8 heteroatoms. The van der Waals surface area contributed by atoms with Gasteiger partial charge in [0, 0.05) is 19.0 Å². The zero-order valence-electron chi connectivity index (χ0n) is 15.9. The number of hydrogen-bond acceptors (Lipinski definition) is 6. The molecule has 0 spiro atoms. The first-order chi connectivity index (χ1) is 13.6. The third kappa shape index (κ3) is 3.43. The van der Waals surface area contributed by atoms with Crippen molar-refractivity contribution < 1.29 is 23.9 Å². The average Bonchev–Trinajstić information content (AvgIpc) is 2.72. The lowest BCUT2D eigenvalue weighted by Gasteiger charge is -2.33. The highest BCUT2D eigenvalue weighted by Crippen LogP contribution is 2.34. The zero-order valence-corrected chi connectivity index (χ0v) is 15.9. The summed E-state index contributed by atoms with van der Waals surface area (Å²) in [5.74, 6) is 2.52. The predicted molar refractivity (Wildman–Crippen MR) is 100 cm³/mol. The van der Waals surface area contributed by atoms with Crippen molar-refractivity contribution in [3.05, 3.63) is 47.0 Å². The quantitative estimate of drug-likeness (QED) is 0.811. The Kier molecular flexibility index (Phi) is 4.95. The number of amides is 2. The van der Waals surface area contributed by atoms with E-state index >= 15 is 0 Å². The van der Waals surface area contributed by atoms with Gasteiger partial charge in [0.15, 0.2) is 0 Å². The number of rotatable bonds is 4. The SMILES string of the molecule is CNC(=O)C1COc2ccc(OC3=CCN(OC)C4=C3CCC(=O)N4)cc2C1. The molecule has 8 nitrogen and oxygen atoms in total. The second-order valence-corrected chi connectivity index (χ2v) is 6.89. The van der Waals surface area contributed by atoms with Crippen molar-refractivity contribution in [2.24, 2.45) is 5.92 Å². The summed E-state index contributed by atoms with van der Waals surface area (Å²) < 4.78 is 11.9. The van der Waals surface area contributed by atoms with Crippen molar-refractivity contribution in [2.75, 3.05) is 27.3 Å². The highest BCUT2D eigenvalue weighted by Gasteiger charge is 2.30. The summed E-state index contributed by atoms with van der Waals surface area (Å²) >= 11 is 0. The molecule has 1 aromatic rings. The summed E-state index contributed by atoms with van der Waals surface area (Å²) in [6, 6.07) is 5.63. The molecule has 1 atom stereocenters. The van der Waals surface area contributed by atoms with Crippen LogP contribution in [0.4, 0.5) is 0 Å². The number of nitrogens with one attached hydrogen (secondary N) is 2. The summed E-state index contributed by atoms with van der Waals surface area (Å²) in [7, 11) is 3.20. The van der Waals surface area contributed by atoms with E-state index in [2.05, 4.69) is 10.6 Å². The monoisotopic (exact) mass is 385 g/mol. The Morgan fingerprint density at radius 2 is 2.21 bits per heavy atom. The van der Waals surface area contributed by atoms with Crippen LogP contribution >= 0.6 is 0 Å². The van der Waals surface area contributed by atoms with Crippen LogP contribution in [0.5, 0.6) is 11.5 Å². The molecule has 0 saturated carbocycles. The molecule has 2 amide bonds. The van der Waals surface area contributed by atoms with E-state index in [1.165, 1.54) is 0 Å². The molecule has 3 heterocycles. The van der Waals surface area contributed by atoms with Crippen molar-refractivity contribution in [1.29, 1.82) is 0 Å². The Balaban J connectivity index is 1.56. The van der Waals surface area contributed by atoms with Crippen LogP contribution in [0.15, 0.2) is 41.4 Å². The minimum Gasteiger partial charge on any atom is -0.492 e. The van der Waals surface area contributed by atoms with Gasteiger partial charge in [-0.2, -0.15) is 0 Å². The van der Waals surface area contributed by atoms with E-state index in [0.717, 1.165) is 16.9 Å². The lowest BCUT2D eigenvalue weighted by Crippen LogP contribution is -2.41. The van der Waals surface area contributed by atoms with Crippen LogP contribution in [0.25, 0.3) is 0 Å². The van der Waals surface area contributed by atoms with E-state index in [4.69, 9.17) is 14.3 Å². The number of hydrogen-bond donors (Lipinski definition) is 2. The minimum absolute atomic E-state index is 0.0284. The molecule has 3 aliphatic rings. The van der Waals surface area contributed by atoms with Gasteiger partial charge in [0.1, 0.15) is 29.7 Å². The number of fused-ring (bicyclic) bond motifs is 1. The van der Waals surface area contributed by atoms with Gasteiger partial charge in [-0.1, -0.05) is 0 Å². The van der Waals surface area contributed by atoms with Crippen molar-refractivity contribution >= 4 is 11.8 Å². The Morgan fingerprint density at radius 1 is 1.36 bits per heavy atom. The Hall–Kier alpha value is -3.00. The molecule has 1 unspecified atom stereocenters. The molecular weight excluding hydrogens is 362 g/mol. The summed E-state index contributed by atoms with van der Waals surface area (Å²) in [5.41, 5.74) is 1.85. The van der Waals surface area contributed by atoms with Gasteiger partial charge in [-0.3, -0.25) is 14.4 Å². The van der Waals surface area contributed by atoms with Gasteiger partial charge in [0.05, 0.1) is 19.6 Å². The number of allylic oxidation sites excluding steroid dienone is 1. The van der Waals surface area contributed by atoms with E-state index in [1.54, 1.807) is 19.2 Å². The molecule has 0 aromatic heterocycles. The fourth-order valence-electron chi connectivity index (χ4n) is 3.66. The molecule has 0 fully saturated rings. The molecule has 148 valence electrons. The number of hydroxylamine groups is 2. The van der Waals surface area contributed by atoms with E-state index < -0.39 is 0 Å². The van der Waals surface area contributed by atoms with Gasteiger partial charge in [-0.15, -0.1) is 0 Å².